The lowest BCUT2D eigenvalue weighted by atomic mass is 9.95. The second-order valence-electron chi connectivity index (χ2n) is 5.78. The maximum Gasteiger partial charge on any atom is 0.0991 e. The predicted octanol–water partition coefficient (Wildman–Crippen LogP) is 2.28. The Morgan fingerprint density at radius 1 is 1.47 bits per heavy atom. The molecule has 19 heavy (non-hydrogen) atoms. The first-order valence-electron chi connectivity index (χ1n) is 6.97. The van der Waals surface area contributed by atoms with Crippen LogP contribution in [0.15, 0.2) is 18.2 Å². The van der Waals surface area contributed by atoms with Crippen molar-refractivity contribution in [3.63, 3.8) is 0 Å². The van der Waals surface area contributed by atoms with Crippen LogP contribution in [0.5, 0.6) is 0 Å². The Bertz CT molecular complexity index is 478. The highest BCUT2D eigenvalue weighted by molar-refractivity contribution is 5.38. The van der Waals surface area contributed by atoms with Crippen LogP contribution in [0.2, 0.25) is 0 Å². The molecular formula is C16H22N2O. The van der Waals surface area contributed by atoms with Crippen molar-refractivity contribution in [2.45, 2.75) is 26.2 Å². The lowest BCUT2D eigenvalue weighted by molar-refractivity contribution is 0.218. The Balaban J connectivity index is 2.13. The van der Waals surface area contributed by atoms with Gasteiger partial charge in [0.05, 0.1) is 18.2 Å². The number of benzene rings is 1. The zero-order chi connectivity index (χ0) is 13.8. The van der Waals surface area contributed by atoms with Gasteiger partial charge in [0.1, 0.15) is 0 Å². The van der Waals surface area contributed by atoms with Crippen molar-refractivity contribution in [3.05, 3.63) is 34.9 Å². The molecular weight excluding hydrogens is 236 g/mol. The third-order valence-corrected chi connectivity index (χ3v) is 3.91. The van der Waals surface area contributed by atoms with Crippen molar-refractivity contribution >= 4 is 0 Å². The van der Waals surface area contributed by atoms with Crippen LogP contribution in [-0.2, 0) is 0 Å². The molecule has 102 valence electrons. The van der Waals surface area contributed by atoms with Gasteiger partial charge in [-0.2, -0.15) is 5.26 Å². The minimum atomic E-state index is 0.109. The normalized spacial score (nSPS) is 21.3. The number of rotatable bonds is 4. The molecule has 1 aliphatic heterocycles. The number of likely N-dealkylation sites (tertiary alicyclic amines) is 1. The number of nitriles is 1. The van der Waals surface area contributed by atoms with Crippen molar-refractivity contribution in [2.24, 2.45) is 5.92 Å². The largest absolute Gasteiger partial charge is 0.396 e. The van der Waals surface area contributed by atoms with Crippen LogP contribution in [0.25, 0.3) is 0 Å². The molecule has 2 unspecified atom stereocenters. The van der Waals surface area contributed by atoms with E-state index in [1.54, 1.807) is 0 Å². The summed E-state index contributed by atoms with van der Waals surface area (Å²) in [7, 11) is 0. The van der Waals surface area contributed by atoms with E-state index in [0.29, 0.717) is 5.56 Å². The quantitative estimate of drug-likeness (QED) is 0.901. The summed E-state index contributed by atoms with van der Waals surface area (Å²) < 4.78 is 0. The highest BCUT2D eigenvalue weighted by atomic mass is 16.3. The summed E-state index contributed by atoms with van der Waals surface area (Å²) in [6, 6.07) is 8.07. The summed E-state index contributed by atoms with van der Waals surface area (Å²) in [5, 5.41) is 18.7. The number of aryl methyl sites for hydroxylation is 1. The molecule has 1 heterocycles. The van der Waals surface area contributed by atoms with Crippen molar-refractivity contribution in [1.82, 2.24) is 4.90 Å². The van der Waals surface area contributed by atoms with E-state index in [1.807, 2.05) is 19.1 Å². The summed E-state index contributed by atoms with van der Waals surface area (Å²) >= 11 is 0. The van der Waals surface area contributed by atoms with E-state index in [1.165, 1.54) is 6.42 Å². The smallest absolute Gasteiger partial charge is 0.0991 e. The molecule has 1 saturated heterocycles. The van der Waals surface area contributed by atoms with Gasteiger partial charge in [0.25, 0.3) is 0 Å². The van der Waals surface area contributed by atoms with Crippen LogP contribution in [0.4, 0.5) is 0 Å². The molecule has 1 aliphatic rings. The van der Waals surface area contributed by atoms with Gasteiger partial charge in [-0.25, -0.2) is 0 Å². The molecule has 0 amide bonds. The highest BCUT2D eigenvalue weighted by Gasteiger charge is 2.22. The van der Waals surface area contributed by atoms with Gasteiger partial charge in [-0.05, 0) is 49.1 Å². The molecule has 0 radical (unpaired) electrons. The Morgan fingerprint density at radius 2 is 2.26 bits per heavy atom. The Labute approximate surface area is 115 Å². The first kappa shape index (κ1) is 14.0. The van der Waals surface area contributed by atoms with E-state index >= 15 is 0 Å². The van der Waals surface area contributed by atoms with Gasteiger partial charge < -0.3 is 10.0 Å². The number of aliphatic hydroxyl groups is 1. The molecule has 2 rings (SSSR count). The molecule has 1 aromatic carbocycles. The Hall–Kier alpha value is -1.37. The van der Waals surface area contributed by atoms with E-state index in [9.17, 15) is 5.11 Å². The summed E-state index contributed by atoms with van der Waals surface area (Å²) in [5.41, 5.74) is 2.85. The minimum Gasteiger partial charge on any atom is -0.396 e. The van der Waals surface area contributed by atoms with Crippen LogP contribution in [0, 0.1) is 24.2 Å². The van der Waals surface area contributed by atoms with E-state index in [-0.39, 0.29) is 12.5 Å². The maximum absolute atomic E-state index is 9.65. The van der Waals surface area contributed by atoms with Gasteiger partial charge in [0.15, 0.2) is 0 Å². The number of nitrogens with zero attached hydrogens (tertiary/aromatic N) is 2. The first-order valence-corrected chi connectivity index (χ1v) is 6.97. The second kappa shape index (κ2) is 6.18. The monoisotopic (exact) mass is 258 g/mol. The first-order chi connectivity index (χ1) is 9.12. The average molecular weight is 258 g/mol. The SMILES string of the molecule is Cc1cc(C#N)cc(C(CO)CN2CCC(C)C2)c1. The van der Waals surface area contributed by atoms with E-state index in [2.05, 4.69) is 24.0 Å². The Morgan fingerprint density at radius 3 is 2.84 bits per heavy atom. The number of hydrogen-bond donors (Lipinski definition) is 1. The van der Waals surface area contributed by atoms with Gasteiger partial charge in [-0.1, -0.05) is 13.0 Å². The van der Waals surface area contributed by atoms with Gasteiger partial charge in [-0.3, -0.25) is 0 Å². The van der Waals surface area contributed by atoms with E-state index < -0.39 is 0 Å². The fourth-order valence-electron chi connectivity index (χ4n) is 2.89. The number of hydrogen-bond acceptors (Lipinski definition) is 3. The molecule has 0 saturated carbocycles. The summed E-state index contributed by atoms with van der Waals surface area (Å²) in [6.45, 7) is 7.53. The molecule has 0 aromatic heterocycles. The second-order valence-corrected chi connectivity index (χ2v) is 5.78. The molecule has 1 N–H and O–H groups in total. The minimum absolute atomic E-state index is 0.109. The standard InChI is InChI=1S/C16H22N2O/c1-12-3-4-18(9-12)10-16(11-19)15-6-13(2)5-14(7-15)8-17/h5-7,12,16,19H,3-4,9-11H2,1-2H3. The summed E-state index contributed by atoms with van der Waals surface area (Å²) in [5.74, 6) is 0.865. The molecule has 2 atom stereocenters. The van der Waals surface area contributed by atoms with Crippen molar-refractivity contribution in [3.8, 4) is 6.07 Å². The van der Waals surface area contributed by atoms with Crippen LogP contribution >= 0.6 is 0 Å². The summed E-state index contributed by atoms with van der Waals surface area (Å²) in [6.07, 6.45) is 1.25. The third-order valence-electron chi connectivity index (χ3n) is 3.91. The molecule has 3 nitrogen and oxygen atoms in total. The van der Waals surface area contributed by atoms with Gasteiger partial charge >= 0.3 is 0 Å². The van der Waals surface area contributed by atoms with Crippen LogP contribution in [0.1, 0.15) is 36.0 Å². The fourth-order valence-corrected chi connectivity index (χ4v) is 2.89. The van der Waals surface area contributed by atoms with E-state index in [4.69, 9.17) is 5.26 Å². The van der Waals surface area contributed by atoms with Crippen molar-refractivity contribution < 1.29 is 5.11 Å². The highest BCUT2D eigenvalue weighted by Crippen LogP contribution is 2.23. The zero-order valence-corrected chi connectivity index (χ0v) is 11.8. The molecule has 0 bridgehead atoms. The molecule has 3 heteroatoms. The lowest BCUT2D eigenvalue weighted by Crippen LogP contribution is -2.28. The molecule has 0 spiro atoms. The molecule has 1 fully saturated rings. The third kappa shape index (κ3) is 3.56. The molecule has 0 aliphatic carbocycles. The predicted molar refractivity (Wildman–Crippen MR) is 75.9 cm³/mol. The maximum atomic E-state index is 9.65. The van der Waals surface area contributed by atoms with Crippen LogP contribution < -0.4 is 0 Å². The van der Waals surface area contributed by atoms with E-state index in [0.717, 1.165) is 36.7 Å². The van der Waals surface area contributed by atoms with Crippen molar-refractivity contribution in [1.29, 1.82) is 5.26 Å². The van der Waals surface area contributed by atoms with Crippen molar-refractivity contribution in [2.75, 3.05) is 26.2 Å². The van der Waals surface area contributed by atoms with Gasteiger partial charge in [-0.15, -0.1) is 0 Å². The van der Waals surface area contributed by atoms with Gasteiger partial charge in [0.2, 0.25) is 0 Å². The Kier molecular flexibility index (Phi) is 4.57. The summed E-state index contributed by atoms with van der Waals surface area (Å²) in [4.78, 5) is 2.42. The zero-order valence-electron chi connectivity index (χ0n) is 11.8. The lowest BCUT2D eigenvalue weighted by Gasteiger charge is -2.23. The average Bonchev–Trinajstić information content (AvgIpc) is 2.80. The van der Waals surface area contributed by atoms with Gasteiger partial charge in [0, 0.05) is 19.0 Å². The molecule has 1 aromatic rings. The fraction of sp³-hybridized carbons (Fsp3) is 0.562. The topological polar surface area (TPSA) is 47.3 Å². The number of aliphatic hydroxyl groups excluding tert-OH is 1. The van der Waals surface area contributed by atoms with Crippen LogP contribution in [-0.4, -0.2) is 36.2 Å². The van der Waals surface area contributed by atoms with Crippen LogP contribution in [0.3, 0.4) is 0 Å².